The van der Waals surface area contributed by atoms with Gasteiger partial charge in [-0.3, -0.25) is 38.9 Å². The van der Waals surface area contributed by atoms with Crippen LogP contribution in [0.25, 0.3) is 33.3 Å². The molecule has 3 saturated heterocycles. The van der Waals surface area contributed by atoms with Gasteiger partial charge in [-0.1, -0.05) is 63.9 Å². The molecular weight excluding hydrogens is 923 g/mol. The molecule has 6 bridgehead atoms. The summed E-state index contributed by atoms with van der Waals surface area (Å²) in [5, 5.41) is 5.61. The average Bonchev–Trinajstić information content (AvgIpc) is 3.98. The highest BCUT2D eigenvalue weighted by atomic mass is 16.5. The van der Waals surface area contributed by atoms with E-state index >= 15 is 0 Å². The summed E-state index contributed by atoms with van der Waals surface area (Å²) in [6, 6.07) is 15.8. The number of aromatic nitrogens is 2. The summed E-state index contributed by atoms with van der Waals surface area (Å²) in [6.45, 7) is 15.3. The van der Waals surface area contributed by atoms with Gasteiger partial charge in [0.05, 0.1) is 30.0 Å². The van der Waals surface area contributed by atoms with Gasteiger partial charge in [-0.05, 0) is 119 Å². The number of cyclic esters (lactones) is 1. The number of aryl methyl sites for hydroxylation is 1. The van der Waals surface area contributed by atoms with Gasteiger partial charge in [-0.15, -0.1) is 0 Å². The number of pyridine rings is 1. The van der Waals surface area contributed by atoms with Crippen LogP contribution in [0.1, 0.15) is 83.7 Å². The van der Waals surface area contributed by atoms with Crippen LogP contribution in [0.15, 0.2) is 60.8 Å². The van der Waals surface area contributed by atoms with Crippen LogP contribution in [0.5, 0.6) is 0 Å². The van der Waals surface area contributed by atoms with Crippen LogP contribution in [0.4, 0.5) is 0 Å². The molecule has 4 aliphatic heterocycles. The van der Waals surface area contributed by atoms with E-state index in [1.807, 2.05) is 65.0 Å². The molecule has 3 fully saturated rings. The number of ether oxygens (including phenoxy) is 2. The molecule has 1 unspecified atom stereocenters. The molecule has 0 radical (unpaired) electrons. The largest absolute Gasteiger partial charge is 0.464 e. The number of fused-ring (bicyclic) bond motifs is 6. The standard InChI is InChI=1S/C57H75N9O7/c1-12-65-47-21-20-40-30-43(47)44(51(65)42-18-14-25-58-49(42)37(4)72-11)31-56(5,6)35-73-55(71)45-19-15-26-66(60-45)54(70)46(29-38-16-13-17-39(40)28-38)59-52(68)50(36(2)3)63(10)53(69)41-23-27-64(32-41)48(67)22-24-57(61(7)8)33-62(9)34-57/h13-14,16-18,20-21,25,28,30,36-37,41,45-46,50,60H,12,15,19,23,26-27,29,31-35H2,1-11H3,(H,59,68)/t37-,41-,45-,46-,50?/m0/s1. The normalized spacial score (nSPS) is 22.0. The first-order chi connectivity index (χ1) is 34.7. The number of carbonyl (C=O) groups is 5. The topological polar surface area (TPSA) is 162 Å². The minimum absolute atomic E-state index is 0.131. The first kappa shape index (κ1) is 53.2. The van der Waals surface area contributed by atoms with Crippen LogP contribution in [0.2, 0.25) is 0 Å². The number of carbonyl (C=O) groups excluding carboxylic acids is 5. The third kappa shape index (κ3) is 11.1. The highest BCUT2D eigenvalue weighted by Crippen LogP contribution is 2.42. The number of hydrogen-bond acceptors (Lipinski definition) is 11. The van der Waals surface area contributed by atoms with E-state index in [2.05, 4.69) is 89.2 Å². The predicted molar refractivity (Wildman–Crippen MR) is 281 cm³/mol. The number of esters is 1. The SMILES string of the molecule is CCn1c(-c2cccnc2[C@H](C)OC)c2c3cc(ccc31)-c1cccc(c1)C[C@H](NC(=O)C(C(C)C)N(C)C(=O)[C@H]1CCN(C(=O)C#CC3(N(C)C)CN(C)C3)C1)C(=O)N1CCC[C@H](N1)C(=O)OCC(C)(C)C2. The van der Waals surface area contributed by atoms with E-state index in [0.717, 1.165) is 63.2 Å². The molecular formula is C57H75N9O7. The lowest BCUT2D eigenvalue weighted by molar-refractivity contribution is -0.155. The zero-order valence-corrected chi connectivity index (χ0v) is 44.7. The van der Waals surface area contributed by atoms with Crippen molar-refractivity contribution in [3.63, 3.8) is 0 Å². The van der Waals surface area contributed by atoms with Crippen molar-refractivity contribution >= 4 is 40.5 Å². The number of likely N-dealkylation sites (N-methyl/N-ethyl adjacent to an activating group) is 3. The fraction of sp³-hybridized carbons (Fsp3) is 0.544. The fourth-order valence-electron chi connectivity index (χ4n) is 11.3. The smallest absolute Gasteiger partial charge is 0.324 e. The van der Waals surface area contributed by atoms with Crippen molar-refractivity contribution in [1.82, 2.24) is 44.9 Å². The summed E-state index contributed by atoms with van der Waals surface area (Å²) in [5.74, 6) is 3.34. The van der Waals surface area contributed by atoms with E-state index in [1.165, 1.54) is 9.91 Å². The molecule has 390 valence electrons. The second-order valence-corrected chi connectivity index (χ2v) is 22.1. The Morgan fingerprint density at radius 3 is 2.45 bits per heavy atom. The number of rotatable bonds is 10. The van der Waals surface area contributed by atoms with Gasteiger partial charge in [0.1, 0.15) is 23.7 Å². The van der Waals surface area contributed by atoms with Gasteiger partial charge in [0.15, 0.2) is 0 Å². The van der Waals surface area contributed by atoms with E-state index in [0.29, 0.717) is 45.3 Å². The van der Waals surface area contributed by atoms with Crippen LogP contribution >= 0.6 is 0 Å². The Bertz CT molecular complexity index is 2800. The van der Waals surface area contributed by atoms with Crippen LogP contribution in [0.3, 0.4) is 0 Å². The van der Waals surface area contributed by atoms with Crippen molar-refractivity contribution in [2.45, 2.75) is 110 Å². The first-order valence-corrected chi connectivity index (χ1v) is 26.0. The minimum Gasteiger partial charge on any atom is -0.464 e. The van der Waals surface area contributed by atoms with E-state index < -0.39 is 47.2 Å². The highest BCUT2D eigenvalue weighted by molar-refractivity contribution is 5.97. The summed E-state index contributed by atoms with van der Waals surface area (Å²) in [4.78, 5) is 83.3. The molecule has 2 aromatic heterocycles. The second kappa shape index (κ2) is 21.8. The maximum atomic E-state index is 14.8. The van der Waals surface area contributed by atoms with Crippen LogP contribution in [-0.2, 0) is 52.8 Å². The maximum Gasteiger partial charge on any atom is 0.324 e. The minimum atomic E-state index is -1.06. The Morgan fingerprint density at radius 2 is 1.75 bits per heavy atom. The molecule has 6 heterocycles. The molecule has 0 aliphatic carbocycles. The van der Waals surface area contributed by atoms with E-state index in [4.69, 9.17) is 14.5 Å². The van der Waals surface area contributed by atoms with Crippen LogP contribution in [-0.4, -0.2) is 162 Å². The third-order valence-electron chi connectivity index (χ3n) is 15.4. The molecule has 16 nitrogen and oxygen atoms in total. The molecule has 73 heavy (non-hydrogen) atoms. The van der Waals surface area contributed by atoms with Crippen molar-refractivity contribution in [2.75, 3.05) is 74.6 Å². The lowest BCUT2D eigenvalue weighted by Crippen LogP contribution is -2.66. The molecule has 5 atom stereocenters. The number of hydrazine groups is 1. The lowest BCUT2D eigenvalue weighted by Gasteiger charge is -2.49. The zero-order valence-electron chi connectivity index (χ0n) is 44.7. The van der Waals surface area contributed by atoms with Gasteiger partial charge < -0.3 is 34.1 Å². The van der Waals surface area contributed by atoms with Gasteiger partial charge >= 0.3 is 5.97 Å². The number of benzene rings is 2. The predicted octanol–water partition coefficient (Wildman–Crippen LogP) is 5.33. The molecule has 0 spiro atoms. The lowest BCUT2D eigenvalue weighted by atomic mass is 9.84. The van der Waals surface area contributed by atoms with Crippen molar-refractivity contribution in [1.29, 1.82) is 0 Å². The Labute approximate surface area is 431 Å². The fourth-order valence-corrected chi connectivity index (χ4v) is 11.3. The van der Waals surface area contributed by atoms with Gasteiger partial charge in [0.2, 0.25) is 11.8 Å². The van der Waals surface area contributed by atoms with Crippen molar-refractivity contribution < 1.29 is 33.4 Å². The van der Waals surface area contributed by atoms with E-state index in [9.17, 15) is 24.0 Å². The Hall–Kier alpha value is -6.12. The summed E-state index contributed by atoms with van der Waals surface area (Å²) in [7, 11) is 9.26. The third-order valence-corrected chi connectivity index (χ3v) is 15.4. The zero-order chi connectivity index (χ0) is 52.5. The number of nitrogens with one attached hydrogen (secondary N) is 2. The first-order valence-electron chi connectivity index (χ1n) is 26.0. The molecule has 2 aromatic carbocycles. The van der Waals surface area contributed by atoms with E-state index in [1.54, 1.807) is 25.3 Å². The molecule has 16 heteroatoms. The van der Waals surface area contributed by atoms with Gasteiger partial charge in [0, 0.05) is 87.9 Å². The Balaban J connectivity index is 1.10. The molecule has 4 amide bonds. The van der Waals surface area contributed by atoms with Gasteiger partial charge in [0.25, 0.3) is 11.8 Å². The Kier molecular flexibility index (Phi) is 15.9. The van der Waals surface area contributed by atoms with Gasteiger partial charge in [-0.2, -0.15) is 0 Å². The molecule has 8 rings (SSSR count). The molecule has 0 saturated carbocycles. The highest BCUT2D eigenvalue weighted by Gasteiger charge is 2.43. The Morgan fingerprint density at radius 1 is 1.00 bits per heavy atom. The summed E-state index contributed by atoms with van der Waals surface area (Å²) in [5.41, 5.74) is 10.1. The molecule has 4 aromatic rings. The quantitative estimate of drug-likeness (QED) is 0.156. The summed E-state index contributed by atoms with van der Waals surface area (Å²) in [6.07, 6.45) is 3.72. The average molecular weight is 998 g/mol. The van der Waals surface area contributed by atoms with Crippen molar-refractivity contribution in [3.05, 3.63) is 77.6 Å². The van der Waals surface area contributed by atoms with E-state index in [-0.39, 0.29) is 48.9 Å². The van der Waals surface area contributed by atoms with Crippen molar-refractivity contribution in [2.24, 2.45) is 17.3 Å². The summed E-state index contributed by atoms with van der Waals surface area (Å²) < 4.78 is 14.3. The number of likely N-dealkylation sites (tertiary alicyclic amines) is 2. The van der Waals surface area contributed by atoms with Gasteiger partial charge in [-0.25, -0.2) is 5.43 Å². The second-order valence-electron chi connectivity index (χ2n) is 22.1. The number of hydrogen-bond donors (Lipinski definition) is 2. The van der Waals surface area contributed by atoms with Crippen LogP contribution < -0.4 is 10.7 Å². The monoisotopic (exact) mass is 998 g/mol. The maximum absolute atomic E-state index is 14.8. The molecule has 4 aliphatic rings. The van der Waals surface area contributed by atoms with Crippen molar-refractivity contribution in [3.8, 4) is 34.2 Å². The number of methoxy groups -OCH3 is 1. The van der Waals surface area contributed by atoms with Crippen LogP contribution in [0, 0.1) is 29.1 Å². The number of nitrogens with zero attached hydrogens (tertiary/aromatic N) is 7. The summed E-state index contributed by atoms with van der Waals surface area (Å²) >= 11 is 0. The molecule has 2 N–H and O–H groups in total. The number of amides is 4.